The average molecular weight is 343 g/mol. The molecule has 1 aliphatic heterocycles. The van der Waals surface area contributed by atoms with Crippen LogP contribution in [0.1, 0.15) is 17.5 Å². The quantitative estimate of drug-likeness (QED) is 0.656. The van der Waals surface area contributed by atoms with Gasteiger partial charge in [0.25, 0.3) is 0 Å². The van der Waals surface area contributed by atoms with E-state index in [4.69, 9.17) is 9.47 Å². The molecule has 4 rings (SSSR count). The summed E-state index contributed by atoms with van der Waals surface area (Å²) in [7, 11) is 4.63. The van der Waals surface area contributed by atoms with Crippen molar-refractivity contribution in [2.45, 2.75) is 24.3 Å². The zero-order chi connectivity index (χ0) is 18.0. The second-order valence-corrected chi connectivity index (χ2v) is 7.17. The van der Waals surface area contributed by atoms with Crippen molar-refractivity contribution in [2.24, 2.45) is 0 Å². The van der Waals surface area contributed by atoms with Crippen LogP contribution in [0.2, 0.25) is 0 Å². The highest BCUT2D eigenvalue weighted by Gasteiger charge is 2.55. The second kappa shape index (κ2) is 5.09. The molecule has 0 amide bonds. The Kier molecular flexibility index (Phi) is 3.30. The summed E-state index contributed by atoms with van der Waals surface area (Å²) in [5, 5.41) is 23.9. The Labute approximate surface area is 146 Å². The Morgan fingerprint density at radius 3 is 2.76 bits per heavy atom. The maximum atomic E-state index is 13.0. The Bertz CT molecular complexity index is 838. The number of rotatable bonds is 2. The molecule has 1 unspecified atom stereocenters. The van der Waals surface area contributed by atoms with Crippen molar-refractivity contribution in [3.8, 4) is 11.5 Å². The molecule has 2 bridgehead atoms. The van der Waals surface area contributed by atoms with Gasteiger partial charge < -0.3 is 24.4 Å². The number of methoxy groups -OCH3 is 2. The number of hydrogen-bond donors (Lipinski definition) is 1. The van der Waals surface area contributed by atoms with Gasteiger partial charge in [0.05, 0.1) is 33.2 Å². The molecule has 1 aromatic rings. The standard InChI is InChI=1S/C19H21NO5/c1-20(23)7-6-19-10-16(25-3)14(21)9-12(19)13(20)8-11-4-5-15(24-2)18(22)17(11)19/h4-5,9-10,13,22H,6-8H2,1-3H3/t13-,19+,20?/m1/s1. The minimum atomic E-state index is -0.696. The Balaban J connectivity index is 2.05. The fourth-order valence-corrected chi connectivity index (χ4v) is 4.64. The Morgan fingerprint density at radius 2 is 2.08 bits per heavy atom. The molecule has 0 aromatic heterocycles. The normalized spacial score (nSPS) is 33.0. The predicted octanol–water partition coefficient (Wildman–Crippen LogP) is 1.95. The predicted molar refractivity (Wildman–Crippen MR) is 91.0 cm³/mol. The summed E-state index contributed by atoms with van der Waals surface area (Å²) >= 11 is 0. The lowest BCUT2D eigenvalue weighted by atomic mass is 9.58. The lowest BCUT2D eigenvalue weighted by molar-refractivity contribution is -0.886. The fraction of sp³-hybridized carbons (Fsp3) is 0.421. The number of phenols is 1. The van der Waals surface area contributed by atoms with Gasteiger partial charge in [-0.3, -0.25) is 4.79 Å². The molecule has 132 valence electrons. The average Bonchev–Trinajstić information content (AvgIpc) is 2.58. The van der Waals surface area contributed by atoms with Gasteiger partial charge in [0.1, 0.15) is 6.04 Å². The van der Waals surface area contributed by atoms with Gasteiger partial charge in [0.15, 0.2) is 17.3 Å². The van der Waals surface area contributed by atoms with Crippen LogP contribution in [0, 0.1) is 5.21 Å². The van der Waals surface area contributed by atoms with E-state index < -0.39 is 10.1 Å². The van der Waals surface area contributed by atoms with E-state index in [1.54, 1.807) is 25.3 Å². The zero-order valence-electron chi connectivity index (χ0n) is 14.5. The van der Waals surface area contributed by atoms with Gasteiger partial charge in [-0.05, 0) is 23.8 Å². The van der Waals surface area contributed by atoms with Crippen LogP contribution in [0.15, 0.2) is 35.6 Å². The van der Waals surface area contributed by atoms with Crippen LogP contribution in [0.25, 0.3) is 0 Å². The van der Waals surface area contributed by atoms with Gasteiger partial charge in [0.2, 0.25) is 5.78 Å². The first kappa shape index (κ1) is 16.2. The van der Waals surface area contributed by atoms with E-state index in [0.29, 0.717) is 25.1 Å². The van der Waals surface area contributed by atoms with Gasteiger partial charge in [0, 0.05) is 24.0 Å². The van der Waals surface area contributed by atoms with E-state index in [0.717, 1.165) is 16.7 Å². The molecule has 0 saturated carbocycles. The van der Waals surface area contributed by atoms with Gasteiger partial charge in [-0.25, -0.2) is 0 Å². The van der Waals surface area contributed by atoms with Crippen LogP contribution in [-0.4, -0.2) is 49.4 Å². The topological polar surface area (TPSA) is 78.8 Å². The molecule has 6 nitrogen and oxygen atoms in total. The molecule has 6 heteroatoms. The lowest BCUT2D eigenvalue weighted by Crippen LogP contribution is -2.61. The number of ketones is 1. The summed E-state index contributed by atoms with van der Waals surface area (Å²) in [5.74, 6) is 0.484. The number of carbonyl (C=O) groups excluding carboxylic acids is 1. The molecular formula is C19H21NO5. The highest BCUT2D eigenvalue weighted by atomic mass is 16.5. The maximum absolute atomic E-state index is 13.0. The third-order valence-electron chi connectivity index (χ3n) is 5.92. The van der Waals surface area contributed by atoms with Crippen LogP contribution >= 0.6 is 0 Å². The van der Waals surface area contributed by atoms with Crippen molar-refractivity contribution >= 4 is 5.78 Å². The minimum Gasteiger partial charge on any atom is -0.633 e. The van der Waals surface area contributed by atoms with E-state index in [1.165, 1.54) is 14.2 Å². The summed E-state index contributed by atoms with van der Waals surface area (Å²) in [4.78, 5) is 12.4. The molecule has 0 radical (unpaired) electrons. The smallest absolute Gasteiger partial charge is 0.220 e. The van der Waals surface area contributed by atoms with Crippen LogP contribution in [0.3, 0.4) is 0 Å². The SMILES string of the molecule is COC1=C[C@]23CC[N+](C)([O-])[C@H](Cc4ccc(OC)c(O)c42)C3=CC1=O. The molecule has 0 spiro atoms. The van der Waals surface area contributed by atoms with Crippen LogP contribution < -0.4 is 4.74 Å². The number of benzene rings is 1. The molecule has 1 fully saturated rings. The Morgan fingerprint density at radius 1 is 1.32 bits per heavy atom. The van der Waals surface area contributed by atoms with Crippen molar-refractivity contribution in [3.63, 3.8) is 0 Å². The summed E-state index contributed by atoms with van der Waals surface area (Å²) in [6, 6.07) is 3.29. The van der Waals surface area contributed by atoms with E-state index in [1.807, 2.05) is 6.07 Å². The van der Waals surface area contributed by atoms with Crippen LogP contribution in [0.4, 0.5) is 0 Å². The third kappa shape index (κ3) is 2.01. The van der Waals surface area contributed by atoms with Crippen LogP contribution in [0.5, 0.6) is 11.5 Å². The van der Waals surface area contributed by atoms with E-state index in [2.05, 4.69) is 0 Å². The molecule has 1 N–H and O–H groups in total. The van der Waals surface area contributed by atoms with Crippen molar-refractivity contribution in [1.82, 2.24) is 0 Å². The largest absolute Gasteiger partial charge is 0.633 e. The number of hydroxylamine groups is 3. The summed E-state index contributed by atoms with van der Waals surface area (Å²) in [5.41, 5.74) is 1.73. The number of carbonyl (C=O) groups is 1. The molecule has 2 aliphatic carbocycles. The molecule has 3 aliphatic rings. The number of hydrogen-bond acceptors (Lipinski definition) is 5. The Hall–Kier alpha value is -2.31. The molecule has 3 atom stereocenters. The number of phenolic OH excluding ortho intramolecular Hbond substituents is 1. The van der Waals surface area contributed by atoms with Gasteiger partial charge >= 0.3 is 0 Å². The van der Waals surface area contributed by atoms with Crippen LogP contribution in [-0.2, 0) is 21.4 Å². The zero-order valence-corrected chi connectivity index (χ0v) is 14.5. The van der Waals surface area contributed by atoms with E-state index in [9.17, 15) is 15.1 Å². The number of likely N-dealkylation sites (N-methyl/N-ethyl adjacent to an activating group) is 1. The third-order valence-corrected chi connectivity index (χ3v) is 5.92. The first-order chi connectivity index (χ1) is 11.8. The molecular weight excluding hydrogens is 322 g/mol. The second-order valence-electron chi connectivity index (χ2n) is 7.17. The van der Waals surface area contributed by atoms with Crippen molar-refractivity contribution in [3.05, 3.63) is 52.0 Å². The highest BCUT2D eigenvalue weighted by molar-refractivity contribution is 6.05. The van der Waals surface area contributed by atoms with Gasteiger partial charge in [-0.2, -0.15) is 0 Å². The molecule has 1 saturated heterocycles. The first-order valence-corrected chi connectivity index (χ1v) is 8.33. The fourth-order valence-electron chi connectivity index (χ4n) is 4.64. The summed E-state index contributed by atoms with van der Waals surface area (Å²) in [6.45, 7) is 0.403. The van der Waals surface area contributed by atoms with Crippen molar-refractivity contribution < 1.29 is 24.0 Å². The molecule has 25 heavy (non-hydrogen) atoms. The number of aromatic hydroxyl groups is 1. The monoisotopic (exact) mass is 343 g/mol. The van der Waals surface area contributed by atoms with Crippen molar-refractivity contribution in [1.29, 1.82) is 0 Å². The number of ether oxygens (including phenoxy) is 2. The number of nitrogens with zero attached hydrogens (tertiary/aromatic N) is 1. The maximum Gasteiger partial charge on any atom is 0.220 e. The van der Waals surface area contributed by atoms with Gasteiger partial charge in [-0.1, -0.05) is 6.07 Å². The first-order valence-electron chi connectivity index (χ1n) is 8.33. The van der Waals surface area contributed by atoms with Gasteiger partial charge in [-0.15, -0.1) is 0 Å². The van der Waals surface area contributed by atoms with E-state index >= 15 is 0 Å². The minimum absolute atomic E-state index is 0.0763. The number of fused-ring (bicyclic) bond motifs is 1. The molecule has 1 aromatic carbocycles. The summed E-state index contributed by atoms with van der Waals surface area (Å²) in [6.07, 6.45) is 4.32. The number of quaternary nitrogens is 1. The highest BCUT2D eigenvalue weighted by Crippen LogP contribution is 2.56. The molecule has 1 heterocycles. The number of piperidine rings is 1. The van der Waals surface area contributed by atoms with E-state index in [-0.39, 0.29) is 23.3 Å². The lowest BCUT2D eigenvalue weighted by Gasteiger charge is -2.58. The number of likely N-dealkylation sites (tertiary alicyclic amines) is 1. The summed E-state index contributed by atoms with van der Waals surface area (Å²) < 4.78 is 10.1. The number of allylic oxidation sites excluding steroid dienone is 2. The van der Waals surface area contributed by atoms with Crippen molar-refractivity contribution in [2.75, 3.05) is 27.8 Å².